The lowest BCUT2D eigenvalue weighted by molar-refractivity contribution is 0.870. The molecule has 0 unspecified atom stereocenters. The highest BCUT2D eigenvalue weighted by atomic mass is 32.1. The summed E-state index contributed by atoms with van der Waals surface area (Å²) in [4.78, 5) is 4.10. The van der Waals surface area contributed by atoms with Crippen molar-refractivity contribution in [3.8, 4) is 11.4 Å². The van der Waals surface area contributed by atoms with Crippen molar-refractivity contribution >= 4 is 24.5 Å². The quantitative estimate of drug-likeness (QED) is 0.585. The van der Waals surface area contributed by atoms with Crippen molar-refractivity contribution in [1.29, 1.82) is 0 Å². The summed E-state index contributed by atoms with van der Waals surface area (Å²) in [6.07, 6.45) is 7.25. The number of benzene rings is 1. The van der Waals surface area contributed by atoms with Crippen molar-refractivity contribution in [2.75, 3.05) is 0 Å². The number of rotatable bonds is 4. The fraction of sp³-hybridized carbons (Fsp3) is 0.0588. The van der Waals surface area contributed by atoms with E-state index in [1.807, 2.05) is 49.4 Å². The van der Waals surface area contributed by atoms with E-state index in [0.717, 1.165) is 16.7 Å². The second kappa shape index (κ2) is 6.93. The molecule has 114 valence electrons. The van der Waals surface area contributed by atoms with Gasteiger partial charge in [-0.3, -0.25) is 4.98 Å². The van der Waals surface area contributed by atoms with E-state index < -0.39 is 0 Å². The average Bonchev–Trinajstić information content (AvgIpc) is 2.95. The topological polar surface area (TPSA) is 58.9 Å². The van der Waals surface area contributed by atoms with E-state index in [-0.39, 0.29) is 0 Å². The third-order valence-electron chi connectivity index (χ3n) is 3.14. The van der Waals surface area contributed by atoms with Gasteiger partial charge in [0.15, 0.2) is 5.82 Å². The zero-order chi connectivity index (χ0) is 16.1. The molecule has 1 aromatic carbocycles. The Morgan fingerprint density at radius 1 is 1.22 bits per heavy atom. The number of hydrogen-bond donors (Lipinski definition) is 1. The Labute approximate surface area is 139 Å². The predicted octanol–water partition coefficient (Wildman–Crippen LogP) is 3.94. The number of aromatic nitrogens is 4. The maximum atomic E-state index is 5.25. The fourth-order valence-electron chi connectivity index (χ4n) is 2.08. The van der Waals surface area contributed by atoms with E-state index in [0.29, 0.717) is 10.6 Å². The van der Waals surface area contributed by atoms with Crippen LogP contribution in [0.2, 0.25) is 0 Å². The highest BCUT2D eigenvalue weighted by molar-refractivity contribution is 7.71. The summed E-state index contributed by atoms with van der Waals surface area (Å²) >= 11 is 5.25. The lowest BCUT2D eigenvalue weighted by atomic mass is 10.1. The van der Waals surface area contributed by atoms with Crippen LogP contribution in [0.1, 0.15) is 12.5 Å². The third kappa shape index (κ3) is 3.67. The first kappa shape index (κ1) is 15.1. The number of hydrogen-bond acceptors (Lipinski definition) is 4. The molecule has 5 nitrogen and oxygen atoms in total. The lowest BCUT2D eigenvalue weighted by Gasteiger charge is -2.00. The molecule has 3 aromatic rings. The third-order valence-corrected chi connectivity index (χ3v) is 3.41. The fourth-order valence-corrected chi connectivity index (χ4v) is 2.26. The van der Waals surface area contributed by atoms with E-state index in [9.17, 15) is 0 Å². The molecule has 0 aliphatic rings. The van der Waals surface area contributed by atoms with Gasteiger partial charge in [0.1, 0.15) is 0 Å². The summed E-state index contributed by atoms with van der Waals surface area (Å²) in [7, 11) is 0. The van der Waals surface area contributed by atoms with Crippen LogP contribution in [0.3, 0.4) is 0 Å². The number of pyridine rings is 1. The van der Waals surface area contributed by atoms with Gasteiger partial charge >= 0.3 is 0 Å². The normalized spacial score (nSPS) is 12.0. The summed E-state index contributed by atoms with van der Waals surface area (Å²) in [5.41, 5.74) is 2.98. The van der Waals surface area contributed by atoms with E-state index in [1.54, 1.807) is 23.3 Å². The van der Waals surface area contributed by atoms with Crippen molar-refractivity contribution in [2.45, 2.75) is 6.92 Å². The van der Waals surface area contributed by atoms with Crippen LogP contribution in [0.4, 0.5) is 0 Å². The van der Waals surface area contributed by atoms with Crippen molar-refractivity contribution < 1.29 is 0 Å². The molecule has 0 saturated heterocycles. The van der Waals surface area contributed by atoms with Gasteiger partial charge in [-0.2, -0.15) is 14.9 Å². The molecule has 0 aliphatic carbocycles. The van der Waals surface area contributed by atoms with Gasteiger partial charge < -0.3 is 0 Å². The van der Waals surface area contributed by atoms with E-state index in [2.05, 4.69) is 26.4 Å². The van der Waals surface area contributed by atoms with Crippen LogP contribution in [-0.4, -0.2) is 26.1 Å². The molecule has 0 bridgehead atoms. The van der Waals surface area contributed by atoms with Crippen LogP contribution < -0.4 is 0 Å². The largest absolute Gasteiger partial charge is 0.264 e. The number of nitrogens with one attached hydrogen (secondary N) is 1. The van der Waals surface area contributed by atoms with Gasteiger partial charge in [-0.25, -0.2) is 5.10 Å². The van der Waals surface area contributed by atoms with Crippen LogP contribution in [0, 0.1) is 4.77 Å². The molecule has 3 rings (SSSR count). The molecule has 1 N–H and O–H groups in total. The maximum Gasteiger partial charge on any atom is 0.216 e. The van der Waals surface area contributed by atoms with Gasteiger partial charge in [-0.15, -0.1) is 0 Å². The monoisotopic (exact) mass is 321 g/mol. The average molecular weight is 321 g/mol. The molecule has 0 saturated carbocycles. The Morgan fingerprint density at radius 2 is 2.04 bits per heavy atom. The van der Waals surface area contributed by atoms with Gasteiger partial charge in [0.2, 0.25) is 4.77 Å². The van der Waals surface area contributed by atoms with Gasteiger partial charge in [-0.1, -0.05) is 36.4 Å². The first-order valence-corrected chi connectivity index (χ1v) is 7.50. The Morgan fingerprint density at radius 3 is 2.78 bits per heavy atom. The molecule has 0 amide bonds. The molecule has 0 aliphatic heterocycles. The summed E-state index contributed by atoms with van der Waals surface area (Å²) in [5, 5.41) is 11.4. The Bertz CT molecular complexity index is 891. The number of aromatic amines is 1. The van der Waals surface area contributed by atoms with Crippen LogP contribution >= 0.6 is 12.2 Å². The van der Waals surface area contributed by atoms with Crippen LogP contribution in [0.15, 0.2) is 65.5 Å². The van der Waals surface area contributed by atoms with Crippen LogP contribution in [-0.2, 0) is 0 Å². The molecule has 0 atom stereocenters. The number of H-pyrrole nitrogens is 1. The molecular formula is C17H15N5S. The Balaban J connectivity index is 1.90. The SMILES string of the molecule is CC(C=Nn1c(-c2cccnc2)n[nH]c1=S)=Cc1ccccc1. The van der Waals surface area contributed by atoms with Gasteiger partial charge in [-0.05, 0) is 42.4 Å². The molecular weight excluding hydrogens is 306 g/mol. The van der Waals surface area contributed by atoms with E-state index >= 15 is 0 Å². The first-order valence-electron chi connectivity index (χ1n) is 7.09. The molecule has 0 radical (unpaired) electrons. The van der Waals surface area contributed by atoms with Crippen molar-refractivity contribution in [2.24, 2.45) is 5.10 Å². The molecule has 0 fully saturated rings. The molecule has 6 heteroatoms. The van der Waals surface area contributed by atoms with Crippen molar-refractivity contribution in [1.82, 2.24) is 19.9 Å². The van der Waals surface area contributed by atoms with Gasteiger partial charge in [0.05, 0.1) is 6.21 Å². The molecule has 2 aromatic heterocycles. The standard InChI is InChI=1S/C17H15N5S/c1-13(10-14-6-3-2-4-7-14)11-19-22-16(20-21-17(22)23)15-8-5-9-18-12-15/h2-12H,1H3,(H,21,23). The zero-order valence-electron chi connectivity index (χ0n) is 12.5. The maximum absolute atomic E-state index is 5.25. The summed E-state index contributed by atoms with van der Waals surface area (Å²) in [6, 6.07) is 13.8. The molecule has 0 spiro atoms. The van der Waals surface area contributed by atoms with Crippen molar-refractivity contribution in [3.63, 3.8) is 0 Å². The van der Waals surface area contributed by atoms with Gasteiger partial charge in [0, 0.05) is 18.0 Å². The smallest absolute Gasteiger partial charge is 0.216 e. The second-order valence-corrected chi connectivity index (χ2v) is 5.34. The Kier molecular flexibility index (Phi) is 4.54. The van der Waals surface area contributed by atoms with Crippen molar-refractivity contribution in [3.05, 3.63) is 70.8 Å². The van der Waals surface area contributed by atoms with E-state index in [4.69, 9.17) is 12.2 Å². The summed E-state index contributed by atoms with van der Waals surface area (Å²) < 4.78 is 2.03. The summed E-state index contributed by atoms with van der Waals surface area (Å²) in [5.74, 6) is 0.631. The molecule has 23 heavy (non-hydrogen) atoms. The van der Waals surface area contributed by atoms with Crippen LogP contribution in [0.25, 0.3) is 17.5 Å². The Hall–Kier alpha value is -2.86. The first-order chi connectivity index (χ1) is 11.2. The highest BCUT2D eigenvalue weighted by Gasteiger charge is 2.07. The predicted molar refractivity (Wildman–Crippen MR) is 94.6 cm³/mol. The number of allylic oxidation sites excluding steroid dienone is 1. The minimum Gasteiger partial charge on any atom is -0.264 e. The van der Waals surface area contributed by atoms with Crippen LogP contribution in [0.5, 0.6) is 0 Å². The number of nitrogens with zero attached hydrogens (tertiary/aromatic N) is 4. The zero-order valence-corrected chi connectivity index (χ0v) is 13.4. The second-order valence-electron chi connectivity index (χ2n) is 4.95. The van der Waals surface area contributed by atoms with Gasteiger partial charge in [0.25, 0.3) is 0 Å². The van der Waals surface area contributed by atoms with E-state index in [1.165, 1.54) is 0 Å². The minimum absolute atomic E-state index is 0.438. The molecule has 2 heterocycles. The minimum atomic E-state index is 0.438. The summed E-state index contributed by atoms with van der Waals surface area (Å²) in [6.45, 7) is 1.99. The lowest BCUT2D eigenvalue weighted by Crippen LogP contribution is -1.95. The highest BCUT2D eigenvalue weighted by Crippen LogP contribution is 2.15.